The van der Waals surface area contributed by atoms with Crippen molar-refractivity contribution in [3.63, 3.8) is 0 Å². The van der Waals surface area contributed by atoms with Crippen molar-refractivity contribution >= 4 is 20.2 Å². The molecular formula is C28H46N2O4Si. The fourth-order valence-electron chi connectivity index (χ4n) is 3.93. The van der Waals surface area contributed by atoms with Crippen LogP contribution < -0.4 is 0 Å². The summed E-state index contributed by atoms with van der Waals surface area (Å²) in [7, 11) is -0.476. The van der Waals surface area contributed by atoms with Crippen LogP contribution in [0.25, 0.3) is 0 Å². The van der Waals surface area contributed by atoms with Gasteiger partial charge in [0.05, 0.1) is 18.8 Å². The maximum absolute atomic E-state index is 12.5. The average Bonchev–Trinajstić information content (AvgIpc) is 3.15. The van der Waals surface area contributed by atoms with Gasteiger partial charge in [0.2, 0.25) is 5.91 Å². The summed E-state index contributed by atoms with van der Waals surface area (Å²) in [6.45, 7) is 15.8. The van der Waals surface area contributed by atoms with Gasteiger partial charge in [0.1, 0.15) is 0 Å². The van der Waals surface area contributed by atoms with E-state index in [4.69, 9.17) is 9.16 Å². The number of unbranched alkanes of at least 4 members (excludes halogenated alkanes) is 2. The Morgan fingerprint density at radius 1 is 1.17 bits per heavy atom. The summed E-state index contributed by atoms with van der Waals surface area (Å²) in [5.41, 5.74) is 1.63. The minimum atomic E-state index is -1.86. The minimum absolute atomic E-state index is 0.127. The molecule has 1 amide bonds. The molecule has 35 heavy (non-hydrogen) atoms. The standard InChI is InChI=1S/C28H46N2O4Si/c1-8-9-10-12-25(34-35(6,7)28(2,3)4)13-11-20-29-21-19-26(31)30(29)22-18-23-14-16-24(17-15-23)27(32)33-5/h11,13-17,25H,8-10,12,18-22H2,1-7H3. The van der Waals surface area contributed by atoms with Crippen LogP contribution in [0.2, 0.25) is 18.1 Å². The normalized spacial score (nSPS) is 16.3. The Bertz CT molecular complexity index is 846. The van der Waals surface area contributed by atoms with E-state index in [2.05, 4.69) is 57.9 Å². The number of ether oxygens (including phenoxy) is 1. The Morgan fingerprint density at radius 3 is 2.46 bits per heavy atom. The van der Waals surface area contributed by atoms with E-state index in [1.807, 2.05) is 17.1 Å². The molecule has 0 saturated carbocycles. The molecule has 0 aromatic heterocycles. The summed E-state index contributed by atoms with van der Waals surface area (Å²) < 4.78 is 11.5. The van der Waals surface area contributed by atoms with E-state index in [1.54, 1.807) is 12.1 Å². The molecular weight excluding hydrogens is 456 g/mol. The van der Waals surface area contributed by atoms with Crippen LogP contribution in [0.3, 0.4) is 0 Å². The Hall–Kier alpha value is -1.96. The molecule has 1 aromatic rings. The zero-order valence-electron chi connectivity index (χ0n) is 22.9. The summed E-state index contributed by atoms with van der Waals surface area (Å²) in [6.07, 6.45) is 10.5. The van der Waals surface area contributed by atoms with E-state index < -0.39 is 8.32 Å². The van der Waals surface area contributed by atoms with Gasteiger partial charge < -0.3 is 9.16 Å². The van der Waals surface area contributed by atoms with E-state index in [0.717, 1.165) is 24.9 Å². The topological polar surface area (TPSA) is 59.1 Å². The van der Waals surface area contributed by atoms with Gasteiger partial charge in [0, 0.05) is 26.1 Å². The van der Waals surface area contributed by atoms with Crippen LogP contribution >= 0.6 is 0 Å². The number of methoxy groups -OCH3 is 1. The van der Waals surface area contributed by atoms with E-state index in [-0.39, 0.29) is 23.0 Å². The number of hydrazine groups is 1. The van der Waals surface area contributed by atoms with Crippen molar-refractivity contribution in [3.8, 4) is 0 Å². The molecule has 1 saturated heterocycles. The first kappa shape index (κ1) is 29.3. The number of nitrogens with zero attached hydrogens (tertiary/aromatic N) is 2. The Kier molecular flexibility index (Phi) is 11.2. The highest BCUT2D eigenvalue weighted by atomic mass is 28.4. The van der Waals surface area contributed by atoms with Crippen LogP contribution in [0.5, 0.6) is 0 Å². The van der Waals surface area contributed by atoms with Gasteiger partial charge in [0.15, 0.2) is 8.32 Å². The van der Waals surface area contributed by atoms with Gasteiger partial charge in [-0.2, -0.15) is 0 Å². The van der Waals surface area contributed by atoms with Crippen molar-refractivity contribution in [2.45, 2.75) is 90.5 Å². The summed E-state index contributed by atoms with van der Waals surface area (Å²) >= 11 is 0. The monoisotopic (exact) mass is 502 g/mol. The lowest BCUT2D eigenvalue weighted by atomic mass is 10.1. The van der Waals surface area contributed by atoms with E-state index >= 15 is 0 Å². The number of carbonyl (C=O) groups excluding carboxylic acids is 2. The van der Waals surface area contributed by atoms with Crippen molar-refractivity contribution in [3.05, 3.63) is 47.5 Å². The number of hydrogen-bond donors (Lipinski definition) is 0. The van der Waals surface area contributed by atoms with Gasteiger partial charge in [-0.1, -0.05) is 71.2 Å². The molecule has 1 aliphatic heterocycles. The zero-order chi connectivity index (χ0) is 26.1. The first-order valence-corrected chi connectivity index (χ1v) is 16.0. The maximum atomic E-state index is 12.5. The summed E-state index contributed by atoms with van der Waals surface area (Å²) in [5.74, 6) is -0.170. The number of carbonyl (C=O) groups is 2. The van der Waals surface area contributed by atoms with E-state index in [1.165, 1.54) is 26.4 Å². The number of hydrogen-bond acceptors (Lipinski definition) is 5. The molecule has 2 rings (SSSR count). The molecule has 0 aliphatic carbocycles. The van der Waals surface area contributed by atoms with Gasteiger partial charge in [-0.3, -0.25) is 9.80 Å². The van der Waals surface area contributed by atoms with Gasteiger partial charge in [-0.15, -0.1) is 0 Å². The van der Waals surface area contributed by atoms with Crippen molar-refractivity contribution in [1.82, 2.24) is 10.0 Å². The quantitative estimate of drug-likeness (QED) is 0.143. The van der Waals surface area contributed by atoms with Crippen molar-refractivity contribution in [2.75, 3.05) is 26.7 Å². The Labute approximate surface area is 213 Å². The van der Waals surface area contributed by atoms with Crippen LogP contribution in [-0.2, 0) is 20.4 Å². The maximum Gasteiger partial charge on any atom is 0.337 e. The molecule has 0 bridgehead atoms. The summed E-state index contributed by atoms with van der Waals surface area (Å²) in [4.78, 5) is 24.2. The largest absolute Gasteiger partial charge is 0.465 e. The minimum Gasteiger partial charge on any atom is -0.465 e. The lowest BCUT2D eigenvalue weighted by molar-refractivity contribution is -0.137. The van der Waals surface area contributed by atoms with Gasteiger partial charge >= 0.3 is 5.97 Å². The first-order valence-electron chi connectivity index (χ1n) is 13.1. The second-order valence-electron chi connectivity index (χ2n) is 11.0. The van der Waals surface area contributed by atoms with Gasteiger partial charge in [-0.05, 0) is 48.7 Å². The lowest BCUT2D eigenvalue weighted by Crippen LogP contribution is -2.43. The predicted octanol–water partition coefficient (Wildman–Crippen LogP) is 5.99. The molecule has 0 N–H and O–H groups in total. The smallest absolute Gasteiger partial charge is 0.337 e. The third-order valence-corrected chi connectivity index (χ3v) is 11.7. The molecule has 1 aliphatic rings. The van der Waals surface area contributed by atoms with Crippen LogP contribution in [0.15, 0.2) is 36.4 Å². The molecule has 1 atom stereocenters. The third-order valence-electron chi connectivity index (χ3n) is 7.21. The summed E-state index contributed by atoms with van der Waals surface area (Å²) in [5, 5.41) is 4.19. The van der Waals surface area contributed by atoms with Crippen LogP contribution in [-0.4, -0.2) is 63.1 Å². The van der Waals surface area contributed by atoms with Crippen LogP contribution in [0.4, 0.5) is 0 Å². The number of benzene rings is 1. The predicted molar refractivity (Wildman–Crippen MR) is 145 cm³/mol. The molecule has 0 spiro atoms. The number of amides is 1. The van der Waals surface area contributed by atoms with Crippen molar-refractivity contribution < 1.29 is 18.8 Å². The molecule has 7 heteroatoms. The fraction of sp³-hybridized carbons (Fsp3) is 0.643. The van der Waals surface area contributed by atoms with Gasteiger partial charge in [-0.25, -0.2) is 9.80 Å². The highest BCUT2D eigenvalue weighted by Gasteiger charge is 2.38. The van der Waals surface area contributed by atoms with Crippen LogP contribution in [0.1, 0.15) is 75.7 Å². The van der Waals surface area contributed by atoms with Gasteiger partial charge in [0.25, 0.3) is 0 Å². The molecule has 6 nitrogen and oxygen atoms in total. The van der Waals surface area contributed by atoms with E-state index in [0.29, 0.717) is 25.1 Å². The molecule has 0 radical (unpaired) electrons. The number of rotatable bonds is 13. The second kappa shape index (κ2) is 13.4. The van der Waals surface area contributed by atoms with Crippen molar-refractivity contribution in [2.24, 2.45) is 0 Å². The number of esters is 1. The third kappa shape index (κ3) is 8.88. The fourth-order valence-corrected chi connectivity index (χ4v) is 5.23. The molecule has 1 heterocycles. The zero-order valence-corrected chi connectivity index (χ0v) is 23.9. The SMILES string of the molecule is CCCCCC(C=CCN1CCC(=O)N1CCc1ccc(C(=O)OC)cc1)O[Si](C)(C)C(C)(C)C. The van der Waals surface area contributed by atoms with Crippen molar-refractivity contribution in [1.29, 1.82) is 0 Å². The molecule has 196 valence electrons. The first-order chi connectivity index (χ1) is 16.5. The summed E-state index contributed by atoms with van der Waals surface area (Å²) in [6, 6.07) is 7.40. The lowest BCUT2D eigenvalue weighted by Gasteiger charge is -2.38. The van der Waals surface area contributed by atoms with E-state index in [9.17, 15) is 9.59 Å². The highest BCUT2D eigenvalue weighted by molar-refractivity contribution is 6.74. The second-order valence-corrected chi connectivity index (χ2v) is 15.7. The average molecular weight is 503 g/mol. The molecule has 1 unspecified atom stereocenters. The molecule has 1 aromatic carbocycles. The Balaban J connectivity index is 1.97. The molecule has 1 fully saturated rings. The van der Waals surface area contributed by atoms with Crippen LogP contribution in [0, 0.1) is 0 Å². The highest BCUT2D eigenvalue weighted by Crippen LogP contribution is 2.38. The Morgan fingerprint density at radius 2 is 1.86 bits per heavy atom.